The van der Waals surface area contributed by atoms with Gasteiger partial charge in [0.15, 0.2) is 0 Å². The van der Waals surface area contributed by atoms with Crippen molar-refractivity contribution in [3.05, 3.63) is 12.4 Å². The second-order valence-electron chi connectivity index (χ2n) is 13.0. The lowest BCUT2D eigenvalue weighted by Crippen LogP contribution is -2.37. The van der Waals surface area contributed by atoms with Crippen molar-refractivity contribution < 1.29 is 0 Å². The highest BCUT2D eigenvalue weighted by Crippen LogP contribution is 2.22. The second-order valence-corrected chi connectivity index (χ2v) is 13.0. The van der Waals surface area contributed by atoms with Crippen molar-refractivity contribution in [3.63, 3.8) is 0 Å². The molecule has 2 nitrogen and oxygen atoms in total. The van der Waals surface area contributed by atoms with Gasteiger partial charge in [0.25, 0.3) is 0 Å². The molecule has 0 aromatic heterocycles. The molecule has 0 radical (unpaired) electrons. The van der Waals surface area contributed by atoms with Crippen molar-refractivity contribution in [1.82, 2.24) is 9.80 Å². The minimum Gasteiger partial charge on any atom is -0.359 e. The molecule has 1 rings (SSSR count). The van der Waals surface area contributed by atoms with E-state index in [4.69, 9.17) is 0 Å². The number of hydrogen-bond acceptors (Lipinski definition) is 2. The molecule has 0 saturated carbocycles. The zero-order chi connectivity index (χ0) is 28.1. The van der Waals surface area contributed by atoms with Gasteiger partial charge in [-0.25, -0.2) is 0 Å². The van der Waals surface area contributed by atoms with Gasteiger partial charge in [-0.1, -0.05) is 187 Å². The number of nitrogens with zero attached hydrogens (tertiary/aromatic N) is 2. The quantitative estimate of drug-likeness (QED) is 0.0798. The summed E-state index contributed by atoms with van der Waals surface area (Å²) in [7, 11) is 2.28. The van der Waals surface area contributed by atoms with Crippen LogP contribution in [-0.2, 0) is 0 Å². The first-order valence-electron chi connectivity index (χ1n) is 18.5. The van der Waals surface area contributed by atoms with Crippen LogP contribution in [0, 0.1) is 0 Å². The highest BCUT2D eigenvalue weighted by Gasteiger charge is 2.22. The summed E-state index contributed by atoms with van der Waals surface area (Å²) in [5.74, 6) is 0. The van der Waals surface area contributed by atoms with E-state index in [1.165, 1.54) is 199 Å². The molecule has 0 fully saturated rings. The topological polar surface area (TPSA) is 6.48 Å². The zero-order valence-electron chi connectivity index (χ0n) is 27.5. The SMILES string of the molecule is CCCCCCCCCCCCCCCCCCC1N(C)C=CN1CCCCCCCCCCCCCCC. The van der Waals surface area contributed by atoms with Crippen LogP contribution in [-0.4, -0.2) is 29.6 Å². The average molecular weight is 547 g/mol. The molecule has 0 aliphatic carbocycles. The maximum atomic E-state index is 2.63. The molecule has 0 saturated heterocycles. The van der Waals surface area contributed by atoms with E-state index < -0.39 is 0 Å². The van der Waals surface area contributed by atoms with E-state index >= 15 is 0 Å². The summed E-state index contributed by atoms with van der Waals surface area (Å²) >= 11 is 0. The summed E-state index contributed by atoms with van der Waals surface area (Å²) in [6.07, 6.45) is 48.6. The van der Waals surface area contributed by atoms with E-state index in [1.54, 1.807) is 0 Å². The summed E-state index contributed by atoms with van der Waals surface area (Å²) in [5.41, 5.74) is 0. The minimum atomic E-state index is 0.619. The van der Waals surface area contributed by atoms with Gasteiger partial charge in [-0.05, 0) is 19.3 Å². The van der Waals surface area contributed by atoms with Gasteiger partial charge in [0, 0.05) is 26.0 Å². The van der Waals surface area contributed by atoms with Gasteiger partial charge >= 0.3 is 0 Å². The van der Waals surface area contributed by atoms with Gasteiger partial charge in [0.1, 0.15) is 6.17 Å². The number of hydrogen-bond donors (Lipinski definition) is 0. The van der Waals surface area contributed by atoms with Gasteiger partial charge in [-0.2, -0.15) is 0 Å². The zero-order valence-corrected chi connectivity index (χ0v) is 27.5. The van der Waals surface area contributed by atoms with Crippen LogP contribution in [0.2, 0.25) is 0 Å². The third kappa shape index (κ3) is 22.7. The van der Waals surface area contributed by atoms with Crippen LogP contribution in [0.25, 0.3) is 0 Å². The summed E-state index contributed by atoms with van der Waals surface area (Å²) in [4.78, 5) is 5.08. The van der Waals surface area contributed by atoms with Crippen LogP contribution in [0.1, 0.15) is 206 Å². The highest BCUT2D eigenvalue weighted by molar-refractivity contribution is 4.95. The fourth-order valence-corrected chi connectivity index (χ4v) is 6.40. The third-order valence-corrected chi connectivity index (χ3v) is 9.18. The summed E-state index contributed by atoms with van der Waals surface area (Å²) < 4.78 is 0. The van der Waals surface area contributed by atoms with Crippen LogP contribution < -0.4 is 0 Å². The molecule has 1 aliphatic heterocycles. The monoisotopic (exact) mass is 547 g/mol. The maximum absolute atomic E-state index is 2.63. The van der Waals surface area contributed by atoms with Crippen molar-refractivity contribution >= 4 is 0 Å². The van der Waals surface area contributed by atoms with Gasteiger partial charge < -0.3 is 9.80 Å². The van der Waals surface area contributed by atoms with Crippen molar-refractivity contribution in [2.75, 3.05) is 13.6 Å². The summed E-state index contributed by atoms with van der Waals surface area (Å²) in [5, 5.41) is 0. The molecule has 1 heterocycles. The molecule has 1 atom stereocenters. The van der Waals surface area contributed by atoms with Crippen molar-refractivity contribution in [1.29, 1.82) is 0 Å². The molecule has 1 unspecified atom stereocenters. The Hall–Kier alpha value is -0.660. The molecule has 2 heteroatoms. The summed E-state index contributed by atoms with van der Waals surface area (Å²) in [6.45, 7) is 5.87. The smallest absolute Gasteiger partial charge is 0.100 e. The van der Waals surface area contributed by atoms with Gasteiger partial charge in [0.05, 0.1) is 0 Å². The van der Waals surface area contributed by atoms with E-state index in [1.807, 2.05) is 0 Å². The second kappa shape index (κ2) is 28.9. The normalized spacial score (nSPS) is 15.2. The van der Waals surface area contributed by atoms with Gasteiger partial charge in [0.2, 0.25) is 0 Å². The predicted molar refractivity (Wildman–Crippen MR) is 177 cm³/mol. The lowest BCUT2D eigenvalue weighted by molar-refractivity contribution is 0.159. The molecular weight excluding hydrogens is 472 g/mol. The Kier molecular flexibility index (Phi) is 26.9. The molecule has 39 heavy (non-hydrogen) atoms. The Morgan fingerprint density at radius 2 is 0.692 bits per heavy atom. The van der Waals surface area contributed by atoms with E-state index in [2.05, 4.69) is 43.1 Å². The fourth-order valence-electron chi connectivity index (χ4n) is 6.40. The van der Waals surface area contributed by atoms with Crippen LogP contribution in [0.15, 0.2) is 12.4 Å². The van der Waals surface area contributed by atoms with E-state index in [-0.39, 0.29) is 0 Å². The molecule has 232 valence electrons. The number of rotatable bonds is 31. The molecule has 0 amide bonds. The highest BCUT2D eigenvalue weighted by atomic mass is 15.4. The first kappa shape index (κ1) is 36.4. The van der Waals surface area contributed by atoms with Crippen molar-refractivity contribution in [2.45, 2.75) is 213 Å². The van der Waals surface area contributed by atoms with Crippen LogP contribution >= 0.6 is 0 Å². The van der Waals surface area contributed by atoms with Crippen LogP contribution in [0.5, 0.6) is 0 Å². The van der Waals surface area contributed by atoms with E-state index in [9.17, 15) is 0 Å². The van der Waals surface area contributed by atoms with Crippen LogP contribution in [0.3, 0.4) is 0 Å². The first-order chi connectivity index (χ1) is 19.3. The summed E-state index contributed by atoms with van der Waals surface area (Å²) in [6, 6.07) is 0. The molecule has 0 bridgehead atoms. The average Bonchev–Trinajstić information content (AvgIpc) is 3.29. The lowest BCUT2D eigenvalue weighted by atomic mass is 10.0. The van der Waals surface area contributed by atoms with Gasteiger partial charge in [-0.3, -0.25) is 0 Å². The Balaban J connectivity index is 1.86. The molecule has 0 aromatic carbocycles. The molecule has 0 aromatic rings. The van der Waals surface area contributed by atoms with Crippen LogP contribution in [0.4, 0.5) is 0 Å². The Bertz CT molecular complexity index is 502. The fraction of sp³-hybridized carbons (Fsp3) is 0.946. The predicted octanol–water partition coefficient (Wildman–Crippen LogP) is 12.8. The van der Waals surface area contributed by atoms with Crippen molar-refractivity contribution in [3.8, 4) is 0 Å². The van der Waals surface area contributed by atoms with Crippen molar-refractivity contribution in [2.24, 2.45) is 0 Å². The largest absolute Gasteiger partial charge is 0.359 e. The lowest BCUT2D eigenvalue weighted by Gasteiger charge is -2.30. The standard InChI is InChI=1S/C37H74N2/c1-4-6-8-10-12-14-16-18-19-20-21-23-25-27-29-31-33-37-38(3)35-36-39(37)34-32-30-28-26-24-22-17-15-13-11-9-7-5-2/h35-37H,4-34H2,1-3H3. The Morgan fingerprint density at radius 1 is 0.385 bits per heavy atom. The van der Waals surface area contributed by atoms with E-state index in [0.717, 1.165) is 0 Å². The molecule has 1 aliphatic rings. The number of unbranched alkanes of at least 4 members (excludes halogenated alkanes) is 27. The Labute approximate surface area is 248 Å². The molecule has 0 N–H and O–H groups in total. The van der Waals surface area contributed by atoms with E-state index in [0.29, 0.717) is 6.17 Å². The first-order valence-corrected chi connectivity index (χ1v) is 18.5. The Morgan fingerprint density at radius 3 is 1.05 bits per heavy atom. The molecular formula is C37H74N2. The van der Waals surface area contributed by atoms with Gasteiger partial charge in [-0.15, -0.1) is 0 Å². The third-order valence-electron chi connectivity index (χ3n) is 9.18. The molecule has 0 spiro atoms. The maximum Gasteiger partial charge on any atom is 0.100 e. The minimum absolute atomic E-state index is 0.619.